The van der Waals surface area contributed by atoms with E-state index in [1.807, 2.05) is 29.4 Å². The molecule has 0 saturated carbocycles. The van der Waals surface area contributed by atoms with E-state index in [1.54, 1.807) is 6.20 Å². The first kappa shape index (κ1) is 14.6. The third-order valence-corrected chi connectivity index (χ3v) is 4.77. The molecule has 24 heavy (non-hydrogen) atoms. The second-order valence-corrected chi connectivity index (χ2v) is 6.18. The summed E-state index contributed by atoms with van der Waals surface area (Å²) in [4.78, 5) is 25.8. The van der Waals surface area contributed by atoms with E-state index in [0.717, 1.165) is 41.3 Å². The molecule has 6 heteroatoms. The molecule has 1 saturated heterocycles. The zero-order chi connectivity index (χ0) is 16.5. The lowest BCUT2D eigenvalue weighted by Gasteiger charge is -2.33. The van der Waals surface area contributed by atoms with Crippen LogP contribution in [0.1, 0.15) is 30.7 Å². The van der Waals surface area contributed by atoms with Gasteiger partial charge < -0.3 is 9.88 Å². The van der Waals surface area contributed by atoms with Crippen molar-refractivity contribution in [3.8, 4) is 6.07 Å². The summed E-state index contributed by atoms with van der Waals surface area (Å²) in [5.41, 5.74) is 2.95. The minimum absolute atomic E-state index is 0.0447. The van der Waals surface area contributed by atoms with E-state index < -0.39 is 0 Å². The molecule has 1 fully saturated rings. The summed E-state index contributed by atoms with van der Waals surface area (Å²) in [7, 11) is 0. The van der Waals surface area contributed by atoms with Gasteiger partial charge in [-0.05, 0) is 30.5 Å². The van der Waals surface area contributed by atoms with Crippen LogP contribution in [-0.4, -0.2) is 38.8 Å². The fraction of sp³-hybridized carbons (Fsp3) is 0.333. The lowest BCUT2D eigenvalue weighted by atomic mass is 9.88. The molecule has 0 radical (unpaired) electrons. The fourth-order valence-corrected chi connectivity index (χ4v) is 3.66. The highest BCUT2D eigenvalue weighted by atomic mass is 16.2. The number of fused-ring (bicyclic) bond motifs is 3. The number of carbonyl (C=O) groups is 1. The number of piperidine rings is 1. The van der Waals surface area contributed by atoms with Gasteiger partial charge in [-0.2, -0.15) is 5.26 Å². The Labute approximate surface area is 139 Å². The standard InChI is InChI=1S/C18H17N5O/c19-6-3-16(24)23-9-1-2-12(11-23)13-4-7-20-15-10-22-18-14(17(13)15)5-8-21-18/h4-5,7-8,10,12,20H,1-3,9,11H2. The van der Waals surface area contributed by atoms with Crippen LogP contribution in [0.15, 0.2) is 30.7 Å². The summed E-state index contributed by atoms with van der Waals surface area (Å²) in [5, 5.41) is 11.0. The minimum atomic E-state index is -0.0733. The first-order valence-corrected chi connectivity index (χ1v) is 8.13. The highest BCUT2D eigenvalue weighted by Crippen LogP contribution is 2.34. The fourth-order valence-electron chi connectivity index (χ4n) is 3.66. The number of likely N-dealkylation sites (tertiary alicyclic amines) is 1. The van der Waals surface area contributed by atoms with Crippen LogP contribution >= 0.6 is 0 Å². The topological polar surface area (TPSA) is 85.7 Å². The predicted octanol–water partition coefficient (Wildman–Crippen LogP) is 2.73. The second-order valence-electron chi connectivity index (χ2n) is 6.18. The number of nitrogens with zero attached hydrogens (tertiary/aromatic N) is 4. The van der Waals surface area contributed by atoms with Crippen molar-refractivity contribution in [2.45, 2.75) is 25.2 Å². The molecular formula is C18H17N5O. The molecule has 0 spiro atoms. The van der Waals surface area contributed by atoms with Gasteiger partial charge in [0.15, 0.2) is 5.65 Å². The summed E-state index contributed by atoms with van der Waals surface area (Å²) in [6.45, 7) is 1.40. The number of H-pyrrole nitrogens is 1. The minimum Gasteiger partial charge on any atom is -0.360 e. The molecule has 3 aromatic rings. The van der Waals surface area contributed by atoms with Gasteiger partial charge in [0.1, 0.15) is 6.42 Å². The Kier molecular flexibility index (Phi) is 3.62. The molecule has 0 aliphatic carbocycles. The SMILES string of the molecule is N#CCC(=O)N1CCCC(c2cc[nH]c3cnc4nccc4c23)C1. The van der Waals surface area contributed by atoms with Gasteiger partial charge in [0.2, 0.25) is 5.91 Å². The molecule has 6 nitrogen and oxygen atoms in total. The summed E-state index contributed by atoms with van der Waals surface area (Å²) >= 11 is 0. The van der Waals surface area contributed by atoms with Crippen LogP contribution in [0.25, 0.3) is 21.9 Å². The molecule has 1 aliphatic heterocycles. The highest BCUT2D eigenvalue weighted by Gasteiger charge is 2.26. The summed E-state index contributed by atoms with van der Waals surface area (Å²) in [5.74, 6) is 0.190. The van der Waals surface area contributed by atoms with E-state index in [-0.39, 0.29) is 18.2 Å². The number of nitriles is 1. The Morgan fingerprint density at radius 1 is 1.42 bits per heavy atom. The smallest absolute Gasteiger partial charge is 0.236 e. The third kappa shape index (κ3) is 2.38. The largest absolute Gasteiger partial charge is 0.360 e. The Bertz CT molecular complexity index is 955. The van der Waals surface area contributed by atoms with E-state index in [4.69, 9.17) is 5.26 Å². The molecule has 0 bridgehead atoms. The molecule has 1 N–H and O–H groups in total. The van der Waals surface area contributed by atoms with Gasteiger partial charge in [-0.15, -0.1) is 0 Å². The predicted molar refractivity (Wildman–Crippen MR) is 90.2 cm³/mol. The van der Waals surface area contributed by atoms with Crippen LogP contribution in [0.2, 0.25) is 0 Å². The molecule has 3 aromatic heterocycles. The van der Waals surface area contributed by atoms with Gasteiger partial charge in [-0.25, -0.2) is 9.97 Å². The van der Waals surface area contributed by atoms with Crippen molar-refractivity contribution >= 4 is 27.8 Å². The van der Waals surface area contributed by atoms with Gasteiger partial charge in [0.25, 0.3) is 0 Å². The second kappa shape index (κ2) is 5.93. The van der Waals surface area contributed by atoms with Crippen LogP contribution in [-0.2, 0) is 4.79 Å². The first-order chi connectivity index (χ1) is 11.8. The third-order valence-electron chi connectivity index (χ3n) is 4.77. The number of aromatic amines is 1. The molecule has 1 atom stereocenters. The van der Waals surface area contributed by atoms with Crippen LogP contribution in [0.3, 0.4) is 0 Å². The molecule has 4 rings (SSSR count). The highest BCUT2D eigenvalue weighted by molar-refractivity contribution is 6.05. The van der Waals surface area contributed by atoms with Crippen LogP contribution in [0, 0.1) is 11.3 Å². The van der Waals surface area contributed by atoms with Gasteiger partial charge in [0.05, 0.1) is 17.8 Å². The van der Waals surface area contributed by atoms with Gasteiger partial charge in [-0.3, -0.25) is 4.79 Å². The Balaban J connectivity index is 1.77. The molecule has 1 unspecified atom stereocenters. The number of amides is 1. The number of rotatable bonds is 2. The average molecular weight is 319 g/mol. The van der Waals surface area contributed by atoms with E-state index in [0.29, 0.717) is 6.54 Å². The van der Waals surface area contributed by atoms with Crippen molar-refractivity contribution in [2.24, 2.45) is 0 Å². The van der Waals surface area contributed by atoms with Crippen molar-refractivity contribution in [1.29, 1.82) is 5.26 Å². The van der Waals surface area contributed by atoms with Crippen LogP contribution < -0.4 is 0 Å². The van der Waals surface area contributed by atoms with Crippen molar-refractivity contribution in [3.05, 3.63) is 36.3 Å². The van der Waals surface area contributed by atoms with E-state index in [2.05, 4.69) is 21.0 Å². The van der Waals surface area contributed by atoms with Crippen LogP contribution in [0.5, 0.6) is 0 Å². The lowest BCUT2D eigenvalue weighted by molar-refractivity contribution is -0.131. The quantitative estimate of drug-likeness (QED) is 0.787. The Morgan fingerprint density at radius 2 is 2.33 bits per heavy atom. The first-order valence-electron chi connectivity index (χ1n) is 8.13. The molecular weight excluding hydrogens is 302 g/mol. The van der Waals surface area contributed by atoms with Crippen molar-refractivity contribution < 1.29 is 4.79 Å². The average Bonchev–Trinajstić information content (AvgIpc) is 3.10. The van der Waals surface area contributed by atoms with E-state index in [1.165, 1.54) is 5.56 Å². The molecule has 1 aliphatic rings. The van der Waals surface area contributed by atoms with Crippen molar-refractivity contribution in [1.82, 2.24) is 19.9 Å². The maximum atomic E-state index is 12.1. The molecule has 1 amide bonds. The lowest BCUT2D eigenvalue weighted by Crippen LogP contribution is -2.38. The number of carbonyl (C=O) groups excluding carboxylic acids is 1. The number of hydrogen-bond acceptors (Lipinski definition) is 4. The van der Waals surface area contributed by atoms with Crippen molar-refractivity contribution in [2.75, 3.05) is 13.1 Å². The zero-order valence-electron chi connectivity index (χ0n) is 13.2. The Hall–Kier alpha value is -2.94. The summed E-state index contributed by atoms with van der Waals surface area (Å²) in [6, 6.07) is 6.04. The number of hydrogen-bond donors (Lipinski definition) is 1. The number of pyridine rings is 2. The molecule has 4 heterocycles. The summed E-state index contributed by atoms with van der Waals surface area (Å²) in [6.07, 6.45) is 7.46. The summed E-state index contributed by atoms with van der Waals surface area (Å²) < 4.78 is 0. The maximum Gasteiger partial charge on any atom is 0.236 e. The number of aromatic nitrogens is 3. The normalized spacial score (nSPS) is 18.0. The van der Waals surface area contributed by atoms with E-state index >= 15 is 0 Å². The maximum absolute atomic E-state index is 12.1. The molecule has 120 valence electrons. The van der Waals surface area contributed by atoms with Gasteiger partial charge in [-0.1, -0.05) is 0 Å². The zero-order valence-corrected chi connectivity index (χ0v) is 13.2. The van der Waals surface area contributed by atoms with Crippen molar-refractivity contribution in [3.63, 3.8) is 0 Å². The van der Waals surface area contributed by atoms with E-state index in [9.17, 15) is 4.79 Å². The number of nitrogens with one attached hydrogen (secondary N) is 1. The monoisotopic (exact) mass is 319 g/mol. The Morgan fingerprint density at radius 3 is 3.21 bits per heavy atom. The van der Waals surface area contributed by atoms with Gasteiger partial charge in [0, 0.05) is 42.2 Å². The van der Waals surface area contributed by atoms with Gasteiger partial charge >= 0.3 is 0 Å². The molecule has 0 aromatic carbocycles. The van der Waals surface area contributed by atoms with Crippen LogP contribution in [0.4, 0.5) is 0 Å².